The van der Waals surface area contributed by atoms with Crippen LogP contribution >= 0.6 is 0 Å². The molecule has 0 aliphatic heterocycles. The summed E-state index contributed by atoms with van der Waals surface area (Å²) >= 11 is 0. The standard InChI is InChI=1S/C12H15F2NO3/c1-8-6-9(17)2-3-10(8)12(18)15(4-5-16)7-11(13)14/h2-3,6,11,16-17H,4-5,7H2,1H3. The molecule has 1 aromatic carbocycles. The molecule has 100 valence electrons. The van der Waals surface area contributed by atoms with E-state index in [1.54, 1.807) is 6.92 Å². The van der Waals surface area contributed by atoms with Crippen LogP contribution in [-0.2, 0) is 0 Å². The number of halogens is 2. The van der Waals surface area contributed by atoms with E-state index in [1.807, 2.05) is 0 Å². The van der Waals surface area contributed by atoms with Crippen molar-refractivity contribution >= 4 is 5.91 Å². The van der Waals surface area contributed by atoms with E-state index in [4.69, 9.17) is 5.11 Å². The number of hydrogen-bond donors (Lipinski definition) is 2. The Morgan fingerprint density at radius 2 is 2.11 bits per heavy atom. The number of benzene rings is 1. The summed E-state index contributed by atoms with van der Waals surface area (Å²) in [6.45, 7) is 0.352. The second kappa shape index (κ2) is 6.30. The van der Waals surface area contributed by atoms with Crippen LogP contribution in [0.5, 0.6) is 5.75 Å². The normalized spacial score (nSPS) is 10.7. The average molecular weight is 259 g/mol. The summed E-state index contributed by atoms with van der Waals surface area (Å²) in [5, 5.41) is 18.0. The lowest BCUT2D eigenvalue weighted by molar-refractivity contribution is 0.0508. The summed E-state index contributed by atoms with van der Waals surface area (Å²) in [7, 11) is 0. The van der Waals surface area contributed by atoms with Crippen LogP contribution < -0.4 is 0 Å². The summed E-state index contributed by atoms with van der Waals surface area (Å²) in [4.78, 5) is 12.9. The third kappa shape index (κ3) is 3.66. The van der Waals surface area contributed by atoms with E-state index in [0.717, 1.165) is 4.90 Å². The quantitative estimate of drug-likeness (QED) is 0.840. The largest absolute Gasteiger partial charge is 0.508 e. The minimum atomic E-state index is -2.65. The second-order valence-electron chi connectivity index (χ2n) is 3.87. The Labute approximate surface area is 103 Å². The highest BCUT2D eigenvalue weighted by Crippen LogP contribution is 2.17. The molecule has 0 saturated carbocycles. The van der Waals surface area contributed by atoms with Crippen molar-refractivity contribution in [2.45, 2.75) is 13.3 Å². The molecule has 0 aromatic heterocycles. The van der Waals surface area contributed by atoms with E-state index in [1.165, 1.54) is 18.2 Å². The highest BCUT2D eigenvalue weighted by atomic mass is 19.3. The predicted octanol–water partition coefficient (Wildman–Crippen LogP) is 1.40. The zero-order chi connectivity index (χ0) is 13.7. The van der Waals surface area contributed by atoms with E-state index in [0.29, 0.717) is 5.56 Å². The van der Waals surface area contributed by atoms with E-state index < -0.39 is 18.9 Å². The number of carbonyl (C=O) groups excluding carboxylic acids is 1. The van der Waals surface area contributed by atoms with Crippen LogP contribution in [0.4, 0.5) is 8.78 Å². The number of hydrogen-bond acceptors (Lipinski definition) is 3. The van der Waals surface area contributed by atoms with Crippen LogP contribution in [0.25, 0.3) is 0 Å². The van der Waals surface area contributed by atoms with Crippen LogP contribution in [0.1, 0.15) is 15.9 Å². The van der Waals surface area contributed by atoms with Crippen LogP contribution in [0.3, 0.4) is 0 Å². The number of carbonyl (C=O) groups is 1. The van der Waals surface area contributed by atoms with Gasteiger partial charge < -0.3 is 15.1 Å². The van der Waals surface area contributed by atoms with Crippen molar-refractivity contribution in [1.82, 2.24) is 4.90 Å². The van der Waals surface area contributed by atoms with Crippen LogP contribution in [-0.4, -0.2) is 47.1 Å². The van der Waals surface area contributed by atoms with E-state index in [-0.39, 0.29) is 24.5 Å². The summed E-state index contributed by atoms with van der Waals surface area (Å²) < 4.78 is 24.7. The maximum absolute atomic E-state index is 12.3. The van der Waals surface area contributed by atoms with E-state index >= 15 is 0 Å². The van der Waals surface area contributed by atoms with Gasteiger partial charge in [-0.1, -0.05) is 0 Å². The van der Waals surface area contributed by atoms with Gasteiger partial charge in [0.1, 0.15) is 5.75 Å². The van der Waals surface area contributed by atoms with Gasteiger partial charge in [-0.05, 0) is 30.7 Å². The molecule has 0 saturated heterocycles. The van der Waals surface area contributed by atoms with Gasteiger partial charge in [0.25, 0.3) is 12.3 Å². The Kier molecular flexibility index (Phi) is 5.03. The summed E-state index contributed by atoms with van der Waals surface area (Å²) in [6.07, 6.45) is -2.65. The Morgan fingerprint density at radius 3 is 2.61 bits per heavy atom. The third-order valence-corrected chi connectivity index (χ3v) is 2.46. The zero-order valence-electron chi connectivity index (χ0n) is 9.94. The molecule has 4 nitrogen and oxygen atoms in total. The first-order chi connectivity index (χ1) is 8.45. The lowest BCUT2D eigenvalue weighted by Gasteiger charge is -2.22. The first-order valence-electron chi connectivity index (χ1n) is 5.43. The highest BCUT2D eigenvalue weighted by Gasteiger charge is 2.20. The SMILES string of the molecule is Cc1cc(O)ccc1C(=O)N(CCO)CC(F)F. The number of nitrogens with zero attached hydrogens (tertiary/aromatic N) is 1. The van der Waals surface area contributed by atoms with E-state index in [2.05, 4.69) is 0 Å². The Bertz CT molecular complexity index is 424. The van der Waals surface area contributed by atoms with Crippen molar-refractivity contribution in [2.24, 2.45) is 0 Å². The summed E-state index contributed by atoms with van der Waals surface area (Å²) in [5.41, 5.74) is 0.735. The minimum Gasteiger partial charge on any atom is -0.508 e. The maximum atomic E-state index is 12.3. The molecular formula is C12H15F2NO3. The van der Waals surface area contributed by atoms with Crippen molar-refractivity contribution in [3.8, 4) is 5.75 Å². The van der Waals surface area contributed by atoms with E-state index in [9.17, 15) is 18.7 Å². The Hall–Kier alpha value is -1.69. The first-order valence-corrected chi connectivity index (χ1v) is 5.43. The molecule has 0 fully saturated rings. The molecule has 0 radical (unpaired) electrons. The smallest absolute Gasteiger partial charge is 0.255 e. The van der Waals surface area contributed by atoms with Gasteiger partial charge in [-0.25, -0.2) is 8.78 Å². The topological polar surface area (TPSA) is 60.8 Å². The molecule has 0 unspecified atom stereocenters. The third-order valence-electron chi connectivity index (χ3n) is 2.46. The summed E-state index contributed by atoms with van der Waals surface area (Å²) in [6, 6.07) is 4.08. The van der Waals surface area contributed by atoms with Crippen LogP contribution in [0.15, 0.2) is 18.2 Å². The minimum absolute atomic E-state index is 0.00613. The molecule has 0 aliphatic carbocycles. The van der Waals surface area contributed by atoms with Crippen molar-refractivity contribution < 1.29 is 23.8 Å². The molecule has 6 heteroatoms. The Morgan fingerprint density at radius 1 is 1.44 bits per heavy atom. The number of aromatic hydroxyl groups is 1. The maximum Gasteiger partial charge on any atom is 0.255 e. The predicted molar refractivity (Wildman–Crippen MR) is 61.8 cm³/mol. The molecule has 0 heterocycles. The molecular weight excluding hydrogens is 244 g/mol. The van der Waals surface area contributed by atoms with Gasteiger partial charge in [-0.15, -0.1) is 0 Å². The van der Waals surface area contributed by atoms with Crippen LogP contribution in [0, 0.1) is 6.92 Å². The molecule has 0 spiro atoms. The molecule has 1 amide bonds. The summed E-state index contributed by atoms with van der Waals surface area (Å²) in [5.74, 6) is -0.575. The van der Waals surface area contributed by atoms with Crippen molar-refractivity contribution in [3.05, 3.63) is 29.3 Å². The van der Waals surface area contributed by atoms with Crippen molar-refractivity contribution in [2.75, 3.05) is 19.7 Å². The number of rotatable bonds is 5. The van der Waals surface area contributed by atoms with Gasteiger partial charge in [0.15, 0.2) is 0 Å². The lowest BCUT2D eigenvalue weighted by Crippen LogP contribution is -2.37. The van der Waals surface area contributed by atoms with Gasteiger partial charge in [0.2, 0.25) is 0 Å². The number of phenols is 1. The van der Waals surface area contributed by atoms with Gasteiger partial charge in [-0.3, -0.25) is 4.79 Å². The number of aliphatic hydroxyl groups excluding tert-OH is 1. The number of aliphatic hydroxyl groups is 1. The van der Waals surface area contributed by atoms with Crippen molar-refractivity contribution in [3.63, 3.8) is 0 Å². The monoisotopic (exact) mass is 259 g/mol. The molecule has 18 heavy (non-hydrogen) atoms. The fourth-order valence-corrected chi connectivity index (χ4v) is 1.62. The first kappa shape index (κ1) is 14.4. The second-order valence-corrected chi connectivity index (χ2v) is 3.87. The Balaban J connectivity index is 2.94. The van der Waals surface area contributed by atoms with Crippen molar-refractivity contribution in [1.29, 1.82) is 0 Å². The van der Waals surface area contributed by atoms with Gasteiger partial charge >= 0.3 is 0 Å². The van der Waals surface area contributed by atoms with Gasteiger partial charge in [0, 0.05) is 12.1 Å². The molecule has 2 N–H and O–H groups in total. The van der Waals surface area contributed by atoms with Gasteiger partial charge in [-0.2, -0.15) is 0 Å². The fraction of sp³-hybridized carbons (Fsp3) is 0.417. The molecule has 1 aromatic rings. The number of amides is 1. The number of phenolic OH excluding ortho intramolecular Hbond substituents is 1. The number of alkyl halides is 2. The van der Waals surface area contributed by atoms with Crippen LogP contribution in [0.2, 0.25) is 0 Å². The molecule has 0 aliphatic rings. The fourth-order valence-electron chi connectivity index (χ4n) is 1.62. The molecule has 0 bridgehead atoms. The highest BCUT2D eigenvalue weighted by molar-refractivity contribution is 5.95. The molecule has 0 atom stereocenters. The zero-order valence-corrected chi connectivity index (χ0v) is 9.94. The number of aryl methyl sites for hydroxylation is 1. The average Bonchev–Trinajstić information content (AvgIpc) is 2.27. The lowest BCUT2D eigenvalue weighted by atomic mass is 10.1. The van der Waals surface area contributed by atoms with Gasteiger partial charge in [0.05, 0.1) is 13.2 Å². The molecule has 1 rings (SSSR count).